The second-order valence-corrected chi connectivity index (χ2v) is 7.09. The van der Waals surface area contributed by atoms with Crippen LogP contribution in [0.2, 0.25) is 0 Å². The van der Waals surface area contributed by atoms with E-state index in [1.165, 1.54) is 0 Å². The van der Waals surface area contributed by atoms with Crippen LogP contribution in [0.15, 0.2) is 0 Å². The highest BCUT2D eigenvalue weighted by Gasteiger charge is 2.32. The number of nitrogens with zero attached hydrogens (tertiary/aromatic N) is 1. The first-order valence-corrected chi connectivity index (χ1v) is 6.68. The third-order valence-corrected chi connectivity index (χ3v) is 3.36. The molecule has 0 aromatic heterocycles. The third-order valence-electron chi connectivity index (χ3n) is 3.36. The zero-order chi connectivity index (χ0) is 13.3. The molecule has 0 saturated carbocycles. The normalized spacial score (nSPS) is 28.1. The average Bonchev–Trinajstić information content (AvgIpc) is 2.09. The molecule has 102 valence electrons. The second kappa shape index (κ2) is 5.25. The summed E-state index contributed by atoms with van der Waals surface area (Å²) >= 11 is 0. The Hall–Kier alpha value is -0.120. The minimum Gasteiger partial charge on any atom is -0.393 e. The summed E-state index contributed by atoms with van der Waals surface area (Å²) in [6, 6.07) is 0. The predicted octanol–water partition coefficient (Wildman–Crippen LogP) is 2.28. The molecular weight excluding hydrogens is 214 g/mol. The van der Waals surface area contributed by atoms with Gasteiger partial charge in [-0.2, -0.15) is 0 Å². The van der Waals surface area contributed by atoms with E-state index < -0.39 is 0 Å². The maximum Gasteiger partial charge on any atom is 0.0757 e. The molecule has 0 aliphatic carbocycles. The largest absolute Gasteiger partial charge is 0.393 e. The zero-order valence-electron chi connectivity index (χ0n) is 12.3. The summed E-state index contributed by atoms with van der Waals surface area (Å²) in [5.74, 6) is 0. The van der Waals surface area contributed by atoms with Crippen molar-refractivity contribution in [3.63, 3.8) is 0 Å². The number of hydrogen-bond donors (Lipinski definition) is 1. The van der Waals surface area contributed by atoms with Gasteiger partial charge in [0.25, 0.3) is 0 Å². The summed E-state index contributed by atoms with van der Waals surface area (Å²) in [6.45, 7) is 15.5. The number of aliphatic hydroxyl groups excluding tert-OH is 1. The highest BCUT2D eigenvalue weighted by Crippen LogP contribution is 2.24. The van der Waals surface area contributed by atoms with Crippen LogP contribution in [0.1, 0.15) is 48.0 Å². The van der Waals surface area contributed by atoms with Crippen molar-refractivity contribution in [2.24, 2.45) is 5.41 Å². The summed E-state index contributed by atoms with van der Waals surface area (Å²) < 4.78 is 5.87. The van der Waals surface area contributed by atoms with Crippen LogP contribution in [0, 0.1) is 5.41 Å². The average molecular weight is 243 g/mol. The minimum absolute atomic E-state index is 0.0204. The molecule has 3 nitrogen and oxygen atoms in total. The molecule has 1 fully saturated rings. The quantitative estimate of drug-likeness (QED) is 0.825. The van der Waals surface area contributed by atoms with Crippen LogP contribution in [-0.2, 0) is 4.74 Å². The molecule has 1 saturated heterocycles. The van der Waals surface area contributed by atoms with E-state index in [2.05, 4.69) is 46.4 Å². The van der Waals surface area contributed by atoms with Crippen molar-refractivity contribution in [3.8, 4) is 0 Å². The first-order chi connectivity index (χ1) is 7.60. The molecule has 1 aliphatic heterocycles. The number of hydrogen-bond acceptors (Lipinski definition) is 3. The van der Waals surface area contributed by atoms with Gasteiger partial charge in [-0.25, -0.2) is 0 Å². The number of morpholine rings is 1. The van der Waals surface area contributed by atoms with Crippen molar-refractivity contribution in [2.75, 3.05) is 19.6 Å². The summed E-state index contributed by atoms with van der Waals surface area (Å²) in [5.41, 5.74) is -0.0855. The fraction of sp³-hybridized carbons (Fsp3) is 1.00. The van der Waals surface area contributed by atoms with Gasteiger partial charge in [0.2, 0.25) is 0 Å². The monoisotopic (exact) mass is 243 g/mol. The van der Waals surface area contributed by atoms with Crippen molar-refractivity contribution in [1.29, 1.82) is 0 Å². The fourth-order valence-corrected chi connectivity index (χ4v) is 2.49. The fourth-order valence-electron chi connectivity index (χ4n) is 2.49. The van der Waals surface area contributed by atoms with E-state index in [0.29, 0.717) is 0 Å². The molecule has 1 heterocycles. The van der Waals surface area contributed by atoms with Gasteiger partial charge in [0.05, 0.1) is 17.8 Å². The number of ether oxygens (including phenoxy) is 1. The zero-order valence-corrected chi connectivity index (χ0v) is 12.3. The second-order valence-electron chi connectivity index (χ2n) is 7.09. The lowest BCUT2D eigenvalue weighted by molar-refractivity contribution is -0.130. The van der Waals surface area contributed by atoms with E-state index in [0.717, 1.165) is 26.1 Å². The smallest absolute Gasteiger partial charge is 0.0757 e. The Morgan fingerprint density at radius 1 is 1.41 bits per heavy atom. The van der Waals surface area contributed by atoms with Crippen molar-refractivity contribution >= 4 is 0 Å². The molecule has 0 radical (unpaired) electrons. The molecule has 1 aliphatic rings. The Balaban J connectivity index is 2.42. The van der Waals surface area contributed by atoms with Crippen molar-refractivity contribution in [3.05, 3.63) is 0 Å². The Morgan fingerprint density at radius 3 is 2.47 bits per heavy atom. The summed E-state index contributed by atoms with van der Waals surface area (Å²) in [5, 5.41) is 10.1. The molecule has 17 heavy (non-hydrogen) atoms. The summed E-state index contributed by atoms with van der Waals surface area (Å²) in [7, 11) is 0. The standard InChI is InChI=1S/C14H29NO2/c1-11-9-15(10-14(5,6)17-11)8-7-12(16)13(2,3)4/h11-12,16H,7-10H2,1-6H3. The minimum atomic E-state index is -0.233. The molecule has 0 aromatic carbocycles. The molecule has 3 heteroatoms. The third kappa shape index (κ3) is 4.94. The SMILES string of the molecule is CC1CN(CCC(O)C(C)(C)C)CC(C)(C)O1. The lowest BCUT2D eigenvalue weighted by Gasteiger charge is -2.42. The lowest BCUT2D eigenvalue weighted by Crippen LogP contribution is -2.52. The molecule has 0 amide bonds. The molecule has 1 rings (SSSR count). The van der Waals surface area contributed by atoms with E-state index in [1.807, 2.05) is 0 Å². The van der Waals surface area contributed by atoms with Gasteiger partial charge in [-0.1, -0.05) is 20.8 Å². The maximum atomic E-state index is 10.1. The van der Waals surface area contributed by atoms with Crippen LogP contribution in [-0.4, -0.2) is 47.4 Å². The molecule has 0 aromatic rings. The van der Waals surface area contributed by atoms with Crippen LogP contribution in [0.3, 0.4) is 0 Å². The first-order valence-electron chi connectivity index (χ1n) is 6.68. The number of rotatable bonds is 3. The van der Waals surface area contributed by atoms with Crippen LogP contribution in [0.4, 0.5) is 0 Å². The number of aliphatic hydroxyl groups is 1. The molecule has 0 bridgehead atoms. The van der Waals surface area contributed by atoms with Crippen LogP contribution < -0.4 is 0 Å². The molecule has 2 atom stereocenters. The van der Waals surface area contributed by atoms with E-state index in [9.17, 15) is 5.11 Å². The summed E-state index contributed by atoms with van der Waals surface area (Å²) in [6.07, 6.45) is 0.890. The Labute approximate surface area is 106 Å². The van der Waals surface area contributed by atoms with Gasteiger partial charge in [-0.15, -0.1) is 0 Å². The highest BCUT2D eigenvalue weighted by atomic mass is 16.5. The molecule has 0 spiro atoms. The van der Waals surface area contributed by atoms with Crippen molar-refractivity contribution < 1.29 is 9.84 Å². The van der Waals surface area contributed by atoms with Gasteiger partial charge in [-0.3, -0.25) is 4.90 Å². The molecular formula is C14H29NO2. The Morgan fingerprint density at radius 2 is 2.00 bits per heavy atom. The van der Waals surface area contributed by atoms with Gasteiger partial charge in [0, 0.05) is 19.6 Å². The van der Waals surface area contributed by atoms with Crippen LogP contribution in [0.25, 0.3) is 0 Å². The van der Waals surface area contributed by atoms with Gasteiger partial charge in [0.15, 0.2) is 0 Å². The van der Waals surface area contributed by atoms with Crippen LogP contribution >= 0.6 is 0 Å². The van der Waals surface area contributed by atoms with Gasteiger partial charge >= 0.3 is 0 Å². The van der Waals surface area contributed by atoms with Crippen LogP contribution in [0.5, 0.6) is 0 Å². The maximum absolute atomic E-state index is 10.1. The summed E-state index contributed by atoms with van der Waals surface area (Å²) in [4.78, 5) is 2.41. The Kier molecular flexibility index (Phi) is 4.61. The van der Waals surface area contributed by atoms with Gasteiger partial charge in [0.1, 0.15) is 0 Å². The topological polar surface area (TPSA) is 32.7 Å². The van der Waals surface area contributed by atoms with Gasteiger partial charge in [-0.05, 0) is 32.6 Å². The lowest BCUT2D eigenvalue weighted by atomic mass is 9.87. The van der Waals surface area contributed by atoms with E-state index in [-0.39, 0.29) is 23.2 Å². The van der Waals surface area contributed by atoms with E-state index in [4.69, 9.17) is 4.74 Å². The highest BCUT2D eigenvalue weighted by molar-refractivity contribution is 4.83. The van der Waals surface area contributed by atoms with Gasteiger partial charge < -0.3 is 9.84 Å². The molecule has 2 unspecified atom stereocenters. The van der Waals surface area contributed by atoms with Crippen molar-refractivity contribution in [1.82, 2.24) is 4.90 Å². The van der Waals surface area contributed by atoms with E-state index >= 15 is 0 Å². The van der Waals surface area contributed by atoms with Crippen molar-refractivity contribution in [2.45, 2.75) is 65.8 Å². The van der Waals surface area contributed by atoms with E-state index in [1.54, 1.807) is 0 Å². The predicted molar refractivity (Wildman–Crippen MR) is 71.1 cm³/mol. The first kappa shape index (κ1) is 14.9. The molecule has 1 N–H and O–H groups in total. The Bertz CT molecular complexity index is 245.